The van der Waals surface area contributed by atoms with Gasteiger partial charge in [0.2, 0.25) is 11.8 Å². The van der Waals surface area contributed by atoms with Crippen LogP contribution in [0.1, 0.15) is 31.7 Å². The highest BCUT2D eigenvalue weighted by molar-refractivity contribution is 7.80. The van der Waals surface area contributed by atoms with Crippen LogP contribution in [0.3, 0.4) is 0 Å². The molecule has 1 rings (SSSR count). The third kappa shape index (κ3) is 8.84. The first-order chi connectivity index (χ1) is 11.5. The number of ether oxygens (including phenoxy) is 1. The second kappa shape index (κ2) is 11.1. The highest BCUT2D eigenvalue weighted by Crippen LogP contribution is 2.01. The van der Waals surface area contributed by atoms with E-state index in [0.29, 0.717) is 6.42 Å². The smallest absolute Gasteiger partial charge is 0.306 e. The Morgan fingerprint density at radius 1 is 1.00 bits per heavy atom. The van der Waals surface area contributed by atoms with Crippen molar-refractivity contribution < 1.29 is 19.1 Å². The van der Waals surface area contributed by atoms with Gasteiger partial charge < -0.3 is 10.1 Å². The molecule has 0 heterocycles. The van der Waals surface area contributed by atoms with Crippen LogP contribution in [0.4, 0.5) is 0 Å². The number of hydrogen-bond acceptors (Lipinski definition) is 5. The third-order valence-electron chi connectivity index (χ3n) is 2.91. The van der Waals surface area contributed by atoms with Crippen molar-refractivity contribution in [3.63, 3.8) is 0 Å². The van der Waals surface area contributed by atoms with Crippen molar-refractivity contribution in [2.45, 2.75) is 32.6 Å². The number of amides is 2. The van der Waals surface area contributed by atoms with Crippen LogP contribution in [0.15, 0.2) is 30.3 Å². The summed E-state index contributed by atoms with van der Waals surface area (Å²) < 4.78 is 4.72. The maximum absolute atomic E-state index is 11.7. The van der Waals surface area contributed by atoms with Crippen molar-refractivity contribution in [1.29, 1.82) is 0 Å². The Kier molecular flexibility index (Phi) is 9.06. The van der Waals surface area contributed by atoms with Gasteiger partial charge in [-0.05, 0) is 31.1 Å². The summed E-state index contributed by atoms with van der Waals surface area (Å²) in [5.41, 5.74) is 5.91. The number of rotatable bonds is 7. The summed E-state index contributed by atoms with van der Waals surface area (Å²) in [5.74, 6) is -1.12. The van der Waals surface area contributed by atoms with Gasteiger partial charge in [0.15, 0.2) is 5.11 Å². The number of hydrazine groups is 1. The number of carbonyl (C=O) groups excluding carboxylic acids is 3. The molecule has 0 atom stereocenters. The minimum atomic E-state index is -0.444. The second-order valence-corrected chi connectivity index (χ2v) is 5.25. The zero-order chi connectivity index (χ0) is 17.8. The van der Waals surface area contributed by atoms with Crippen molar-refractivity contribution in [2.75, 3.05) is 6.61 Å². The standard InChI is InChI=1S/C16H21N3O4S/c1-2-23-15(22)11-10-13(20)17-16(24)19-18-14(21)9-8-12-6-4-3-5-7-12/h3-7H,2,8-11H2,1H3,(H,18,21)(H2,17,19,20,24). The van der Waals surface area contributed by atoms with Crippen LogP contribution in [-0.4, -0.2) is 29.5 Å². The molecule has 0 aromatic heterocycles. The molecule has 0 saturated carbocycles. The van der Waals surface area contributed by atoms with E-state index in [4.69, 9.17) is 17.0 Å². The average Bonchev–Trinajstić information content (AvgIpc) is 2.57. The molecule has 0 aliphatic rings. The lowest BCUT2D eigenvalue weighted by Crippen LogP contribution is -2.48. The van der Waals surface area contributed by atoms with Gasteiger partial charge in [-0.1, -0.05) is 30.3 Å². The molecule has 0 spiro atoms. The maximum Gasteiger partial charge on any atom is 0.306 e. The van der Waals surface area contributed by atoms with E-state index in [1.165, 1.54) is 0 Å². The number of carbonyl (C=O) groups is 3. The van der Waals surface area contributed by atoms with Gasteiger partial charge in [-0.2, -0.15) is 0 Å². The van der Waals surface area contributed by atoms with E-state index in [-0.39, 0.29) is 36.9 Å². The zero-order valence-electron chi connectivity index (χ0n) is 13.5. The molecule has 7 nitrogen and oxygen atoms in total. The number of nitrogens with one attached hydrogen (secondary N) is 3. The average molecular weight is 351 g/mol. The Balaban J connectivity index is 2.17. The Hall–Kier alpha value is -2.48. The second-order valence-electron chi connectivity index (χ2n) is 4.84. The maximum atomic E-state index is 11.7. The predicted octanol–water partition coefficient (Wildman–Crippen LogP) is 0.984. The third-order valence-corrected chi connectivity index (χ3v) is 3.12. The summed E-state index contributed by atoms with van der Waals surface area (Å²) in [4.78, 5) is 34.4. The first-order valence-electron chi connectivity index (χ1n) is 7.59. The summed E-state index contributed by atoms with van der Waals surface area (Å²) in [6.45, 7) is 1.97. The van der Waals surface area contributed by atoms with Gasteiger partial charge in [-0.15, -0.1) is 0 Å². The summed E-state index contributed by atoms with van der Waals surface area (Å²) in [6, 6.07) is 9.61. The predicted molar refractivity (Wildman–Crippen MR) is 92.6 cm³/mol. The lowest BCUT2D eigenvalue weighted by molar-refractivity contribution is -0.144. The SMILES string of the molecule is CCOC(=O)CCC(=O)NC(=S)NNC(=O)CCc1ccccc1. The van der Waals surface area contributed by atoms with E-state index < -0.39 is 11.9 Å². The first kappa shape index (κ1) is 19.6. The summed E-state index contributed by atoms with van der Waals surface area (Å²) in [6.07, 6.45) is 0.831. The van der Waals surface area contributed by atoms with Gasteiger partial charge in [0.05, 0.1) is 13.0 Å². The molecule has 2 amide bonds. The molecule has 8 heteroatoms. The molecule has 24 heavy (non-hydrogen) atoms. The van der Waals surface area contributed by atoms with Crippen LogP contribution < -0.4 is 16.2 Å². The number of hydrogen-bond donors (Lipinski definition) is 3. The molecule has 0 unspecified atom stereocenters. The van der Waals surface area contributed by atoms with E-state index >= 15 is 0 Å². The van der Waals surface area contributed by atoms with Gasteiger partial charge in [-0.25, -0.2) is 0 Å². The van der Waals surface area contributed by atoms with Crippen molar-refractivity contribution in [1.82, 2.24) is 16.2 Å². The van der Waals surface area contributed by atoms with Crippen LogP contribution in [0.25, 0.3) is 0 Å². The number of aryl methyl sites for hydroxylation is 1. The molecule has 0 fully saturated rings. The normalized spacial score (nSPS) is 9.71. The van der Waals surface area contributed by atoms with E-state index in [1.807, 2.05) is 30.3 Å². The van der Waals surface area contributed by atoms with Crippen LogP contribution >= 0.6 is 12.2 Å². The van der Waals surface area contributed by atoms with Crippen molar-refractivity contribution in [3.8, 4) is 0 Å². The van der Waals surface area contributed by atoms with Crippen molar-refractivity contribution in [2.24, 2.45) is 0 Å². The first-order valence-corrected chi connectivity index (χ1v) is 8.00. The molecule has 0 bridgehead atoms. The van der Waals surface area contributed by atoms with Crippen molar-refractivity contribution >= 4 is 35.1 Å². The molecular formula is C16H21N3O4S. The number of esters is 1. The van der Waals surface area contributed by atoms with Gasteiger partial charge >= 0.3 is 5.97 Å². The van der Waals surface area contributed by atoms with E-state index in [2.05, 4.69) is 16.2 Å². The molecule has 130 valence electrons. The Bertz CT molecular complexity index is 578. The molecule has 0 saturated heterocycles. The molecule has 0 aliphatic heterocycles. The minimum absolute atomic E-state index is 0.0221. The fourth-order valence-corrected chi connectivity index (χ4v) is 1.93. The fraction of sp³-hybridized carbons (Fsp3) is 0.375. The van der Waals surface area contributed by atoms with Crippen LogP contribution in [-0.2, 0) is 25.5 Å². The summed E-state index contributed by atoms with van der Waals surface area (Å²) >= 11 is 4.88. The number of thiocarbonyl (C=S) groups is 1. The molecule has 1 aromatic carbocycles. The molecule has 1 aromatic rings. The van der Waals surface area contributed by atoms with E-state index in [1.54, 1.807) is 6.92 Å². The summed E-state index contributed by atoms with van der Waals surface area (Å²) in [5, 5.41) is 2.33. The lowest BCUT2D eigenvalue weighted by atomic mass is 10.1. The number of benzene rings is 1. The highest BCUT2D eigenvalue weighted by Gasteiger charge is 2.09. The Morgan fingerprint density at radius 3 is 2.38 bits per heavy atom. The summed E-state index contributed by atoms with van der Waals surface area (Å²) in [7, 11) is 0. The van der Waals surface area contributed by atoms with Crippen molar-refractivity contribution in [3.05, 3.63) is 35.9 Å². The lowest BCUT2D eigenvalue weighted by Gasteiger charge is -2.10. The van der Waals surface area contributed by atoms with Gasteiger partial charge in [-0.3, -0.25) is 25.2 Å². The van der Waals surface area contributed by atoms with Crippen LogP contribution in [0.2, 0.25) is 0 Å². The fourth-order valence-electron chi connectivity index (χ4n) is 1.76. The monoisotopic (exact) mass is 351 g/mol. The van der Waals surface area contributed by atoms with E-state index in [0.717, 1.165) is 5.56 Å². The van der Waals surface area contributed by atoms with E-state index in [9.17, 15) is 14.4 Å². The molecule has 3 N–H and O–H groups in total. The molecular weight excluding hydrogens is 330 g/mol. The Labute approximate surface area is 146 Å². The van der Waals surface area contributed by atoms with Crippen LogP contribution in [0.5, 0.6) is 0 Å². The van der Waals surface area contributed by atoms with Gasteiger partial charge in [0.1, 0.15) is 0 Å². The highest BCUT2D eigenvalue weighted by atomic mass is 32.1. The Morgan fingerprint density at radius 2 is 1.71 bits per heavy atom. The molecule has 0 radical (unpaired) electrons. The quantitative estimate of drug-likeness (QED) is 0.385. The topological polar surface area (TPSA) is 96.5 Å². The minimum Gasteiger partial charge on any atom is -0.466 e. The van der Waals surface area contributed by atoms with Crippen LogP contribution in [0, 0.1) is 0 Å². The van der Waals surface area contributed by atoms with Gasteiger partial charge in [0, 0.05) is 12.8 Å². The van der Waals surface area contributed by atoms with Gasteiger partial charge in [0.25, 0.3) is 0 Å². The molecule has 0 aliphatic carbocycles. The zero-order valence-corrected chi connectivity index (χ0v) is 14.3. The largest absolute Gasteiger partial charge is 0.466 e.